The van der Waals surface area contributed by atoms with Crippen molar-refractivity contribution in [1.29, 1.82) is 0 Å². The third-order valence-electron chi connectivity index (χ3n) is 6.49. The first kappa shape index (κ1) is 24.2. The number of aromatic nitrogens is 1. The number of benzene rings is 4. The van der Waals surface area contributed by atoms with Gasteiger partial charge in [-0.15, -0.1) is 11.8 Å². The van der Waals surface area contributed by atoms with Crippen LogP contribution < -0.4 is 4.74 Å². The Labute approximate surface area is 216 Å². The Morgan fingerprint density at radius 1 is 0.778 bits per heavy atom. The van der Waals surface area contributed by atoms with Crippen LogP contribution in [0.15, 0.2) is 101 Å². The van der Waals surface area contributed by atoms with E-state index < -0.39 is 10.0 Å². The summed E-state index contributed by atoms with van der Waals surface area (Å²) >= 11 is 1.72. The third-order valence-corrected chi connectivity index (χ3v) is 8.94. The number of thioether (sulfide) groups is 1. The number of nitrogens with zero attached hydrogens (tertiary/aromatic N) is 1. The molecule has 5 rings (SSSR count). The summed E-state index contributed by atoms with van der Waals surface area (Å²) in [6.45, 7) is 4.03. The standard InChI is InChI=1S/C30H27NO3S2/c1-20-5-12-26(13-6-20)36(32,33)31-16-15-24-18-23(9-14-29(24)31)27-19-30(34-3)28(17-21(27)2)22-7-10-25(35-4)11-8-22/h5-19H,1-4H3. The third kappa shape index (κ3) is 4.31. The topological polar surface area (TPSA) is 48.3 Å². The summed E-state index contributed by atoms with van der Waals surface area (Å²) in [5.74, 6) is 0.798. The lowest BCUT2D eigenvalue weighted by molar-refractivity contribution is 0.416. The van der Waals surface area contributed by atoms with E-state index in [9.17, 15) is 8.42 Å². The molecule has 0 aliphatic carbocycles. The molecule has 1 heterocycles. The molecule has 0 bridgehead atoms. The number of methoxy groups -OCH3 is 1. The van der Waals surface area contributed by atoms with Crippen LogP contribution >= 0.6 is 11.8 Å². The van der Waals surface area contributed by atoms with Crippen molar-refractivity contribution in [2.45, 2.75) is 23.6 Å². The second-order valence-electron chi connectivity index (χ2n) is 8.80. The van der Waals surface area contributed by atoms with Crippen molar-refractivity contribution < 1.29 is 13.2 Å². The minimum absolute atomic E-state index is 0.274. The Bertz CT molecular complexity index is 1670. The summed E-state index contributed by atoms with van der Waals surface area (Å²) in [4.78, 5) is 1.49. The van der Waals surface area contributed by atoms with Crippen LogP contribution in [0.4, 0.5) is 0 Å². The molecule has 182 valence electrons. The van der Waals surface area contributed by atoms with E-state index in [1.54, 1.807) is 37.2 Å². The van der Waals surface area contributed by atoms with Gasteiger partial charge >= 0.3 is 0 Å². The van der Waals surface area contributed by atoms with Gasteiger partial charge in [-0.1, -0.05) is 35.9 Å². The zero-order valence-corrected chi connectivity index (χ0v) is 22.3. The van der Waals surface area contributed by atoms with Crippen LogP contribution in [0.2, 0.25) is 0 Å². The van der Waals surface area contributed by atoms with Gasteiger partial charge in [-0.05, 0) is 97.0 Å². The second kappa shape index (κ2) is 9.52. The monoisotopic (exact) mass is 513 g/mol. The highest BCUT2D eigenvalue weighted by molar-refractivity contribution is 7.98. The first-order chi connectivity index (χ1) is 17.3. The van der Waals surface area contributed by atoms with E-state index in [0.29, 0.717) is 5.52 Å². The molecule has 0 spiro atoms. The molecule has 0 amide bonds. The zero-order chi connectivity index (χ0) is 25.4. The van der Waals surface area contributed by atoms with Crippen LogP contribution in [-0.2, 0) is 10.0 Å². The van der Waals surface area contributed by atoms with Crippen molar-refractivity contribution in [2.75, 3.05) is 13.4 Å². The van der Waals surface area contributed by atoms with Crippen molar-refractivity contribution in [3.05, 3.63) is 102 Å². The van der Waals surface area contributed by atoms with E-state index in [2.05, 4.69) is 49.6 Å². The van der Waals surface area contributed by atoms with Gasteiger partial charge < -0.3 is 4.74 Å². The van der Waals surface area contributed by atoms with Crippen LogP contribution in [0.1, 0.15) is 11.1 Å². The van der Waals surface area contributed by atoms with Gasteiger partial charge in [0, 0.05) is 22.0 Å². The molecule has 6 heteroatoms. The first-order valence-corrected chi connectivity index (χ1v) is 14.2. The molecule has 5 aromatic rings. The molecule has 0 saturated heterocycles. The highest BCUT2D eigenvalue weighted by atomic mass is 32.2. The summed E-state index contributed by atoms with van der Waals surface area (Å²) in [6, 6.07) is 27.3. The molecule has 4 aromatic carbocycles. The van der Waals surface area contributed by atoms with Crippen molar-refractivity contribution in [3.8, 4) is 28.0 Å². The Morgan fingerprint density at radius 2 is 1.47 bits per heavy atom. The van der Waals surface area contributed by atoms with Gasteiger partial charge in [0.15, 0.2) is 0 Å². The minimum Gasteiger partial charge on any atom is -0.496 e. The Morgan fingerprint density at radius 3 is 2.14 bits per heavy atom. The largest absolute Gasteiger partial charge is 0.496 e. The lowest BCUT2D eigenvalue weighted by Crippen LogP contribution is -2.11. The molecule has 0 aliphatic rings. The summed E-state index contributed by atoms with van der Waals surface area (Å²) in [5, 5.41) is 0.860. The summed E-state index contributed by atoms with van der Waals surface area (Å²) in [7, 11) is -1.99. The van der Waals surface area contributed by atoms with Crippen molar-refractivity contribution in [3.63, 3.8) is 0 Å². The van der Waals surface area contributed by atoms with Gasteiger partial charge in [-0.2, -0.15) is 0 Å². The zero-order valence-electron chi connectivity index (χ0n) is 20.6. The lowest BCUT2D eigenvalue weighted by atomic mass is 9.94. The summed E-state index contributed by atoms with van der Waals surface area (Å²) in [5.41, 5.74) is 6.99. The van der Waals surface area contributed by atoms with E-state index in [-0.39, 0.29) is 4.90 Å². The number of hydrogen-bond donors (Lipinski definition) is 0. The van der Waals surface area contributed by atoms with E-state index in [0.717, 1.165) is 44.5 Å². The fourth-order valence-electron chi connectivity index (χ4n) is 4.48. The molecule has 0 unspecified atom stereocenters. The fraction of sp³-hybridized carbons (Fsp3) is 0.133. The van der Waals surface area contributed by atoms with Gasteiger partial charge in [0.05, 0.1) is 17.5 Å². The molecule has 0 aliphatic heterocycles. The van der Waals surface area contributed by atoms with Crippen LogP contribution in [0.25, 0.3) is 33.2 Å². The maximum absolute atomic E-state index is 13.3. The average Bonchev–Trinajstić information content (AvgIpc) is 3.33. The predicted octanol–water partition coefficient (Wildman–Crippen LogP) is 7.56. The number of fused-ring (bicyclic) bond motifs is 1. The molecule has 1 aromatic heterocycles. The molecule has 0 atom stereocenters. The SMILES string of the molecule is COc1cc(-c2ccc3c(ccn3S(=O)(=O)c3ccc(C)cc3)c2)c(C)cc1-c1ccc(SC)cc1. The maximum Gasteiger partial charge on any atom is 0.268 e. The van der Waals surface area contributed by atoms with Gasteiger partial charge in [0.25, 0.3) is 10.0 Å². The van der Waals surface area contributed by atoms with Gasteiger partial charge in [-0.3, -0.25) is 0 Å². The first-order valence-electron chi connectivity index (χ1n) is 11.6. The van der Waals surface area contributed by atoms with Crippen molar-refractivity contribution in [2.24, 2.45) is 0 Å². The predicted molar refractivity (Wildman–Crippen MR) is 150 cm³/mol. The number of ether oxygens (including phenoxy) is 1. The molecule has 0 fully saturated rings. The fourth-order valence-corrected chi connectivity index (χ4v) is 6.24. The van der Waals surface area contributed by atoms with Gasteiger partial charge in [-0.25, -0.2) is 12.4 Å². The van der Waals surface area contributed by atoms with Crippen LogP contribution in [0, 0.1) is 13.8 Å². The van der Waals surface area contributed by atoms with E-state index in [1.165, 1.54) is 8.87 Å². The number of hydrogen-bond acceptors (Lipinski definition) is 4. The second-order valence-corrected chi connectivity index (χ2v) is 11.5. The maximum atomic E-state index is 13.3. The molecular formula is C30H27NO3S2. The van der Waals surface area contributed by atoms with Crippen LogP contribution in [0.5, 0.6) is 5.75 Å². The van der Waals surface area contributed by atoms with E-state index in [4.69, 9.17) is 4.74 Å². The Hall–Kier alpha value is -3.48. The minimum atomic E-state index is -3.68. The Kier molecular flexibility index (Phi) is 6.41. The molecule has 4 nitrogen and oxygen atoms in total. The van der Waals surface area contributed by atoms with Crippen LogP contribution in [-0.4, -0.2) is 25.8 Å². The molecule has 0 saturated carbocycles. The molecule has 0 radical (unpaired) electrons. The van der Waals surface area contributed by atoms with E-state index >= 15 is 0 Å². The summed E-state index contributed by atoms with van der Waals surface area (Å²) in [6.07, 6.45) is 3.69. The highest BCUT2D eigenvalue weighted by Gasteiger charge is 2.19. The highest BCUT2D eigenvalue weighted by Crippen LogP contribution is 2.38. The average molecular weight is 514 g/mol. The molecular weight excluding hydrogens is 486 g/mol. The molecule has 0 N–H and O–H groups in total. The van der Waals surface area contributed by atoms with Crippen molar-refractivity contribution >= 4 is 32.7 Å². The quantitative estimate of drug-likeness (QED) is 0.220. The summed E-state index contributed by atoms with van der Waals surface area (Å²) < 4.78 is 33.7. The number of aryl methyl sites for hydroxylation is 2. The molecule has 36 heavy (non-hydrogen) atoms. The van der Waals surface area contributed by atoms with Crippen LogP contribution in [0.3, 0.4) is 0 Å². The normalized spacial score (nSPS) is 11.7. The smallest absolute Gasteiger partial charge is 0.268 e. The van der Waals surface area contributed by atoms with Gasteiger partial charge in [0.1, 0.15) is 5.75 Å². The van der Waals surface area contributed by atoms with Gasteiger partial charge in [0.2, 0.25) is 0 Å². The van der Waals surface area contributed by atoms with E-state index in [1.807, 2.05) is 43.3 Å². The van der Waals surface area contributed by atoms with Crippen molar-refractivity contribution in [1.82, 2.24) is 3.97 Å². The Balaban J connectivity index is 1.55. The number of rotatable bonds is 6. The lowest BCUT2D eigenvalue weighted by Gasteiger charge is -2.15.